The second-order valence-electron chi connectivity index (χ2n) is 5.09. The summed E-state index contributed by atoms with van der Waals surface area (Å²) in [5, 5.41) is 13.0. The molecule has 0 radical (unpaired) electrons. The number of nitro benzene ring substituents is 1. The fourth-order valence-corrected chi connectivity index (χ4v) is 2.07. The second kappa shape index (κ2) is 8.70. The lowest BCUT2D eigenvalue weighted by atomic mass is 10.2. The molecule has 142 valence electrons. The van der Waals surface area contributed by atoms with Gasteiger partial charge in [0.2, 0.25) is 0 Å². The molecule has 0 heterocycles. The van der Waals surface area contributed by atoms with Crippen molar-refractivity contribution in [2.75, 3.05) is 18.5 Å². The summed E-state index contributed by atoms with van der Waals surface area (Å²) in [4.78, 5) is 34.0. The number of halogens is 2. The van der Waals surface area contributed by atoms with Gasteiger partial charge in [-0.1, -0.05) is 6.07 Å². The molecule has 0 spiro atoms. The number of benzene rings is 2. The zero-order valence-corrected chi connectivity index (χ0v) is 14.0. The van der Waals surface area contributed by atoms with Crippen LogP contribution in [0, 0.1) is 21.7 Å². The highest BCUT2D eigenvalue weighted by Gasteiger charge is 2.20. The Kier molecular flexibility index (Phi) is 6.36. The van der Waals surface area contributed by atoms with Crippen LogP contribution in [0.25, 0.3) is 0 Å². The zero-order chi connectivity index (χ0) is 20.0. The van der Waals surface area contributed by atoms with Crippen LogP contribution in [0.15, 0.2) is 36.4 Å². The van der Waals surface area contributed by atoms with Crippen LogP contribution in [0.4, 0.5) is 20.2 Å². The van der Waals surface area contributed by atoms with Gasteiger partial charge in [0.1, 0.15) is 17.3 Å². The molecule has 0 atom stereocenters. The van der Waals surface area contributed by atoms with E-state index in [0.29, 0.717) is 0 Å². The molecule has 0 aliphatic carbocycles. The number of nitro groups is 1. The van der Waals surface area contributed by atoms with E-state index < -0.39 is 46.4 Å². The lowest BCUT2D eigenvalue weighted by Crippen LogP contribution is -2.22. The Morgan fingerprint density at radius 3 is 2.44 bits per heavy atom. The van der Waals surface area contributed by atoms with Crippen molar-refractivity contribution in [1.82, 2.24) is 0 Å². The summed E-state index contributed by atoms with van der Waals surface area (Å²) in [5.74, 6) is -4.00. The predicted octanol–water partition coefficient (Wildman–Crippen LogP) is 3.07. The number of hydrogen-bond donors (Lipinski definition) is 1. The summed E-state index contributed by atoms with van der Waals surface area (Å²) in [7, 11) is 0. The van der Waals surface area contributed by atoms with E-state index >= 15 is 0 Å². The first kappa shape index (κ1) is 19.8. The number of esters is 1. The predicted molar refractivity (Wildman–Crippen MR) is 89.5 cm³/mol. The SMILES string of the molecule is CCOc1ccc(C(=O)OCC(=O)Nc2c(F)cccc2F)cc1[N+](=O)[O-]. The number of nitrogens with one attached hydrogen (secondary N) is 1. The van der Waals surface area contributed by atoms with Gasteiger partial charge in [-0.05, 0) is 31.2 Å². The molecule has 0 aromatic heterocycles. The largest absolute Gasteiger partial charge is 0.487 e. The van der Waals surface area contributed by atoms with E-state index in [0.717, 1.165) is 24.3 Å². The number of rotatable bonds is 7. The van der Waals surface area contributed by atoms with Crippen molar-refractivity contribution in [1.29, 1.82) is 0 Å². The van der Waals surface area contributed by atoms with Crippen LogP contribution in [-0.2, 0) is 9.53 Å². The standard InChI is InChI=1S/C17H14F2N2O6/c1-2-26-14-7-6-10(8-13(14)21(24)25)17(23)27-9-15(22)20-16-11(18)4-3-5-12(16)19/h3-8H,2,9H2,1H3,(H,20,22). The first-order chi connectivity index (χ1) is 12.8. The van der Waals surface area contributed by atoms with Gasteiger partial charge in [-0.2, -0.15) is 0 Å². The molecule has 27 heavy (non-hydrogen) atoms. The number of carbonyl (C=O) groups excluding carboxylic acids is 2. The number of ether oxygens (including phenoxy) is 2. The normalized spacial score (nSPS) is 10.2. The molecule has 1 N–H and O–H groups in total. The van der Waals surface area contributed by atoms with Crippen LogP contribution in [-0.4, -0.2) is 30.0 Å². The summed E-state index contributed by atoms with van der Waals surface area (Å²) < 4.78 is 36.7. The van der Waals surface area contributed by atoms with Gasteiger partial charge in [0, 0.05) is 6.07 Å². The minimum Gasteiger partial charge on any atom is -0.487 e. The first-order valence-corrected chi connectivity index (χ1v) is 7.65. The van der Waals surface area contributed by atoms with Crippen LogP contribution < -0.4 is 10.1 Å². The molecule has 0 fully saturated rings. The fourth-order valence-electron chi connectivity index (χ4n) is 2.07. The number of carbonyl (C=O) groups is 2. The summed E-state index contributed by atoms with van der Waals surface area (Å²) >= 11 is 0. The maximum atomic E-state index is 13.5. The molecule has 0 bridgehead atoms. The van der Waals surface area contributed by atoms with E-state index in [9.17, 15) is 28.5 Å². The maximum Gasteiger partial charge on any atom is 0.338 e. The summed E-state index contributed by atoms with van der Waals surface area (Å²) in [6.07, 6.45) is 0. The molecule has 8 nitrogen and oxygen atoms in total. The molecular weight excluding hydrogens is 366 g/mol. The molecule has 2 aromatic rings. The van der Waals surface area contributed by atoms with Crippen LogP contribution in [0.2, 0.25) is 0 Å². The van der Waals surface area contributed by atoms with Gasteiger partial charge in [0.25, 0.3) is 5.91 Å². The molecule has 0 aliphatic rings. The highest BCUT2D eigenvalue weighted by Crippen LogP contribution is 2.28. The minimum absolute atomic E-state index is 0.0215. The Morgan fingerprint density at radius 2 is 1.85 bits per heavy atom. The van der Waals surface area contributed by atoms with Crippen LogP contribution in [0.5, 0.6) is 5.75 Å². The Labute approximate surface area is 151 Å². The smallest absolute Gasteiger partial charge is 0.338 e. The molecule has 0 saturated heterocycles. The molecule has 0 unspecified atom stereocenters. The second-order valence-corrected chi connectivity index (χ2v) is 5.09. The molecular formula is C17H14F2N2O6. The fraction of sp³-hybridized carbons (Fsp3) is 0.176. The first-order valence-electron chi connectivity index (χ1n) is 7.65. The van der Waals surface area contributed by atoms with Crippen molar-refractivity contribution in [2.24, 2.45) is 0 Å². The Morgan fingerprint density at radius 1 is 1.19 bits per heavy atom. The molecule has 0 saturated carbocycles. The third kappa shape index (κ3) is 4.97. The molecule has 2 aromatic carbocycles. The Balaban J connectivity index is 2.04. The van der Waals surface area contributed by atoms with Gasteiger partial charge in [-0.15, -0.1) is 0 Å². The molecule has 0 aliphatic heterocycles. The van der Waals surface area contributed by atoms with Crippen molar-refractivity contribution in [3.8, 4) is 5.75 Å². The summed E-state index contributed by atoms with van der Waals surface area (Å²) in [6.45, 7) is 0.994. The van der Waals surface area contributed by atoms with Gasteiger partial charge in [0.05, 0.1) is 17.1 Å². The third-order valence-electron chi connectivity index (χ3n) is 3.25. The number of anilines is 1. The van der Waals surface area contributed by atoms with Crippen LogP contribution in [0.3, 0.4) is 0 Å². The van der Waals surface area contributed by atoms with Crippen molar-refractivity contribution >= 4 is 23.3 Å². The zero-order valence-electron chi connectivity index (χ0n) is 14.0. The average Bonchev–Trinajstić information content (AvgIpc) is 2.63. The number of amides is 1. The van der Waals surface area contributed by atoms with E-state index in [-0.39, 0.29) is 17.9 Å². The van der Waals surface area contributed by atoms with Crippen LogP contribution >= 0.6 is 0 Å². The van der Waals surface area contributed by atoms with E-state index in [4.69, 9.17) is 9.47 Å². The minimum atomic E-state index is -1.02. The number of para-hydroxylation sites is 1. The monoisotopic (exact) mass is 380 g/mol. The van der Waals surface area contributed by atoms with E-state index in [1.165, 1.54) is 12.1 Å². The van der Waals surface area contributed by atoms with Crippen LogP contribution in [0.1, 0.15) is 17.3 Å². The van der Waals surface area contributed by atoms with Gasteiger partial charge in [-0.3, -0.25) is 14.9 Å². The summed E-state index contributed by atoms with van der Waals surface area (Å²) in [6, 6.07) is 6.43. The van der Waals surface area contributed by atoms with Gasteiger partial charge >= 0.3 is 11.7 Å². The molecule has 1 amide bonds. The van der Waals surface area contributed by atoms with Crippen molar-refractivity contribution < 1.29 is 32.8 Å². The summed E-state index contributed by atoms with van der Waals surface area (Å²) in [5.41, 5.74) is -1.30. The lowest BCUT2D eigenvalue weighted by molar-refractivity contribution is -0.385. The average molecular weight is 380 g/mol. The van der Waals surface area contributed by atoms with Gasteiger partial charge in [0.15, 0.2) is 12.4 Å². The highest BCUT2D eigenvalue weighted by molar-refractivity contribution is 5.96. The van der Waals surface area contributed by atoms with Crippen molar-refractivity contribution in [2.45, 2.75) is 6.92 Å². The lowest BCUT2D eigenvalue weighted by Gasteiger charge is -2.09. The number of nitrogens with zero attached hydrogens (tertiary/aromatic N) is 1. The maximum absolute atomic E-state index is 13.5. The Hall–Kier alpha value is -3.56. The van der Waals surface area contributed by atoms with Crippen molar-refractivity contribution in [3.63, 3.8) is 0 Å². The third-order valence-corrected chi connectivity index (χ3v) is 3.25. The van der Waals surface area contributed by atoms with Gasteiger partial charge < -0.3 is 14.8 Å². The highest BCUT2D eigenvalue weighted by atomic mass is 19.1. The molecule has 10 heteroatoms. The topological polar surface area (TPSA) is 108 Å². The van der Waals surface area contributed by atoms with Crippen molar-refractivity contribution in [3.05, 3.63) is 63.7 Å². The Bertz CT molecular complexity index is 867. The van der Waals surface area contributed by atoms with E-state index in [2.05, 4.69) is 0 Å². The van der Waals surface area contributed by atoms with E-state index in [1.807, 2.05) is 5.32 Å². The van der Waals surface area contributed by atoms with Gasteiger partial charge in [-0.25, -0.2) is 13.6 Å². The molecule has 2 rings (SSSR count). The van der Waals surface area contributed by atoms with E-state index in [1.54, 1.807) is 6.92 Å². The number of hydrogen-bond acceptors (Lipinski definition) is 6. The quantitative estimate of drug-likeness (QED) is 0.449.